The molecule has 0 aromatic carbocycles. The van der Waals surface area contributed by atoms with E-state index in [1.165, 1.54) is 64.7 Å². The minimum absolute atomic E-state index is 0.523. The van der Waals surface area contributed by atoms with Crippen LogP contribution in [-0.4, -0.2) is 70.2 Å². The molecule has 6 nitrogen and oxygen atoms in total. The molecule has 0 radical (unpaired) electrons. The van der Waals surface area contributed by atoms with E-state index in [-0.39, 0.29) is 0 Å². The number of likely N-dealkylation sites (tertiary alicyclic amines) is 2. The zero-order valence-electron chi connectivity index (χ0n) is 17.2. The Morgan fingerprint density at radius 1 is 1.04 bits per heavy atom. The molecule has 0 saturated carbocycles. The second-order valence-electron chi connectivity index (χ2n) is 9.32. The second-order valence-corrected chi connectivity index (χ2v) is 9.32. The Kier molecular flexibility index (Phi) is 6.46. The van der Waals surface area contributed by atoms with Crippen molar-refractivity contribution >= 4 is 0 Å². The second kappa shape index (κ2) is 9.01. The smallest absolute Gasteiger partial charge is 0.0967 e. The average Bonchev–Trinajstić information content (AvgIpc) is 3.32. The lowest BCUT2D eigenvalue weighted by Crippen LogP contribution is -2.44. The van der Waals surface area contributed by atoms with Crippen molar-refractivity contribution in [3.8, 4) is 0 Å². The van der Waals surface area contributed by atoms with E-state index in [0.717, 1.165) is 43.3 Å². The van der Waals surface area contributed by atoms with Crippen LogP contribution in [0.3, 0.4) is 0 Å². The fourth-order valence-corrected chi connectivity index (χ4v) is 5.27. The van der Waals surface area contributed by atoms with Gasteiger partial charge in [-0.05, 0) is 56.9 Å². The lowest BCUT2D eigenvalue weighted by molar-refractivity contribution is 0.0211. The highest BCUT2D eigenvalue weighted by Gasteiger charge is 2.28. The molecular formula is C21H37N5O. The van der Waals surface area contributed by atoms with Gasteiger partial charge in [0.1, 0.15) is 0 Å². The third-order valence-corrected chi connectivity index (χ3v) is 6.70. The van der Waals surface area contributed by atoms with E-state index in [9.17, 15) is 0 Å². The first-order valence-corrected chi connectivity index (χ1v) is 11.1. The van der Waals surface area contributed by atoms with Gasteiger partial charge in [-0.1, -0.05) is 19.1 Å². The molecule has 27 heavy (non-hydrogen) atoms. The number of rotatable bonds is 6. The van der Waals surface area contributed by atoms with Crippen molar-refractivity contribution in [3.05, 3.63) is 11.9 Å². The molecule has 3 aliphatic heterocycles. The van der Waals surface area contributed by atoms with Crippen LogP contribution in [0, 0.1) is 11.8 Å². The molecule has 3 aliphatic rings. The van der Waals surface area contributed by atoms with Gasteiger partial charge in [0.2, 0.25) is 0 Å². The van der Waals surface area contributed by atoms with Crippen LogP contribution in [0.25, 0.3) is 0 Å². The average molecular weight is 376 g/mol. The van der Waals surface area contributed by atoms with Gasteiger partial charge in [0.05, 0.1) is 17.9 Å². The van der Waals surface area contributed by atoms with Gasteiger partial charge < -0.3 is 9.64 Å². The molecule has 4 heterocycles. The lowest BCUT2D eigenvalue weighted by Gasteiger charge is -2.39. The summed E-state index contributed by atoms with van der Waals surface area (Å²) in [5.74, 6) is 1.68. The summed E-state index contributed by atoms with van der Waals surface area (Å²) in [4.78, 5) is 5.24. The van der Waals surface area contributed by atoms with Gasteiger partial charge in [-0.3, -0.25) is 4.90 Å². The molecule has 0 aliphatic carbocycles. The highest BCUT2D eigenvalue weighted by Crippen LogP contribution is 2.27. The van der Waals surface area contributed by atoms with Gasteiger partial charge in [-0.25, -0.2) is 4.68 Å². The number of ether oxygens (including phenoxy) is 1. The Labute approximate surface area is 164 Å². The van der Waals surface area contributed by atoms with Crippen LogP contribution in [0.1, 0.15) is 64.1 Å². The molecule has 1 aromatic heterocycles. The molecule has 0 N–H and O–H groups in total. The van der Waals surface area contributed by atoms with Crippen LogP contribution in [0.2, 0.25) is 0 Å². The van der Waals surface area contributed by atoms with Crippen LogP contribution in [0.4, 0.5) is 0 Å². The molecule has 3 saturated heterocycles. The van der Waals surface area contributed by atoms with Crippen molar-refractivity contribution in [1.29, 1.82) is 0 Å². The van der Waals surface area contributed by atoms with E-state index in [0.29, 0.717) is 6.04 Å². The molecule has 4 rings (SSSR count). The predicted molar refractivity (Wildman–Crippen MR) is 107 cm³/mol. The monoisotopic (exact) mass is 375 g/mol. The largest absolute Gasteiger partial charge is 0.381 e. The zero-order chi connectivity index (χ0) is 18.6. The van der Waals surface area contributed by atoms with E-state index < -0.39 is 0 Å². The number of nitrogens with zero attached hydrogens (tertiary/aromatic N) is 5. The Morgan fingerprint density at radius 2 is 1.81 bits per heavy atom. The minimum Gasteiger partial charge on any atom is -0.381 e. The van der Waals surface area contributed by atoms with Crippen molar-refractivity contribution in [2.45, 2.75) is 71.0 Å². The maximum atomic E-state index is 5.51. The first kappa shape index (κ1) is 19.3. The molecule has 6 heteroatoms. The molecule has 1 unspecified atom stereocenters. The third kappa shape index (κ3) is 5.09. The van der Waals surface area contributed by atoms with Crippen LogP contribution in [0.15, 0.2) is 6.20 Å². The topological polar surface area (TPSA) is 46.4 Å². The van der Waals surface area contributed by atoms with E-state index in [2.05, 4.69) is 44.8 Å². The summed E-state index contributed by atoms with van der Waals surface area (Å²) in [5, 5.41) is 8.98. The molecule has 152 valence electrons. The SMILES string of the molecule is CC(C)CC1CCN(Cc2cn(C3CCN(C4CCOCC4)CC3)nn2)C1. The molecular weight excluding hydrogens is 338 g/mol. The highest BCUT2D eigenvalue weighted by atomic mass is 16.5. The van der Waals surface area contributed by atoms with Crippen LogP contribution < -0.4 is 0 Å². The molecule has 1 atom stereocenters. The number of aromatic nitrogens is 3. The van der Waals surface area contributed by atoms with Crippen molar-refractivity contribution in [2.24, 2.45) is 11.8 Å². The zero-order valence-corrected chi connectivity index (χ0v) is 17.2. The summed E-state index contributed by atoms with van der Waals surface area (Å²) in [7, 11) is 0. The Hall–Kier alpha value is -0.980. The van der Waals surface area contributed by atoms with Crippen LogP contribution in [0.5, 0.6) is 0 Å². The number of hydrogen-bond acceptors (Lipinski definition) is 5. The summed E-state index contributed by atoms with van der Waals surface area (Å²) >= 11 is 0. The van der Waals surface area contributed by atoms with Gasteiger partial charge in [0, 0.05) is 45.4 Å². The van der Waals surface area contributed by atoms with Crippen molar-refractivity contribution < 1.29 is 4.74 Å². The first-order chi connectivity index (χ1) is 13.2. The maximum Gasteiger partial charge on any atom is 0.0967 e. The van der Waals surface area contributed by atoms with Gasteiger partial charge in [0.25, 0.3) is 0 Å². The maximum absolute atomic E-state index is 5.51. The fourth-order valence-electron chi connectivity index (χ4n) is 5.27. The van der Waals surface area contributed by atoms with Crippen molar-refractivity contribution in [3.63, 3.8) is 0 Å². The fraction of sp³-hybridized carbons (Fsp3) is 0.905. The predicted octanol–water partition coefficient (Wildman–Crippen LogP) is 2.96. The number of piperidine rings is 1. The van der Waals surface area contributed by atoms with Crippen molar-refractivity contribution in [2.75, 3.05) is 39.4 Å². The molecule has 0 amide bonds. The van der Waals surface area contributed by atoms with Gasteiger partial charge in [0.15, 0.2) is 0 Å². The molecule has 3 fully saturated rings. The van der Waals surface area contributed by atoms with Gasteiger partial charge >= 0.3 is 0 Å². The molecule has 0 bridgehead atoms. The van der Waals surface area contributed by atoms with Crippen molar-refractivity contribution in [1.82, 2.24) is 24.8 Å². The summed E-state index contributed by atoms with van der Waals surface area (Å²) < 4.78 is 7.66. The normalized spacial score (nSPS) is 27.0. The Balaban J connectivity index is 1.24. The first-order valence-electron chi connectivity index (χ1n) is 11.1. The summed E-state index contributed by atoms with van der Waals surface area (Å²) in [6.45, 7) is 12.3. The van der Waals surface area contributed by atoms with Gasteiger partial charge in [-0.2, -0.15) is 0 Å². The summed E-state index contributed by atoms with van der Waals surface area (Å²) in [6, 6.07) is 1.26. The quantitative estimate of drug-likeness (QED) is 0.765. The lowest BCUT2D eigenvalue weighted by atomic mass is 9.97. The highest BCUT2D eigenvalue weighted by molar-refractivity contribution is 4.96. The number of hydrogen-bond donors (Lipinski definition) is 0. The summed E-state index contributed by atoms with van der Waals surface area (Å²) in [6.07, 6.45) is 9.70. The van der Waals surface area contributed by atoms with E-state index in [1.807, 2.05) is 0 Å². The van der Waals surface area contributed by atoms with Crippen LogP contribution >= 0.6 is 0 Å². The third-order valence-electron chi connectivity index (χ3n) is 6.70. The van der Waals surface area contributed by atoms with Crippen LogP contribution in [-0.2, 0) is 11.3 Å². The van der Waals surface area contributed by atoms with E-state index in [1.54, 1.807) is 0 Å². The minimum atomic E-state index is 0.523. The summed E-state index contributed by atoms with van der Waals surface area (Å²) in [5.41, 5.74) is 1.15. The Bertz CT molecular complexity index is 575. The van der Waals surface area contributed by atoms with Gasteiger partial charge in [-0.15, -0.1) is 5.10 Å². The van der Waals surface area contributed by atoms with E-state index in [4.69, 9.17) is 4.74 Å². The molecule has 1 aromatic rings. The standard InChI is InChI=1S/C21H37N5O/c1-17(2)13-18-3-8-24(14-18)15-19-16-26(23-22-19)21-4-9-25(10-5-21)20-6-11-27-12-7-20/h16-18,20-21H,3-15H2,1-2H3. The van der Waals surface area contributed by atoms with E-state index >= 15 is 0 Å². The Morgan fingerprint density at radius 3 is 2.56 bits per heavy atom. The molecule has 0 spiro atoms.